The summed E-state index contributed by atoms with van der Waals surface area (Å²) in [6.07, 6.45) is 2.17. The second-order valence-electron chi connectivity index (χ2n) is 5.37. The first-order valence-corrected chi connectivity index (χ1v) is 8.66. The fraction of sp³-hybridized carbons (Fsp3) is 0.786. The molecule has 0 aromatic carbocycles. The van der Waals surface area contributed by atoms with Gasteiger partial charge >= 0.3 is 0 Å². The molecule has 0 aromatic rings. The van der Waals surface area contributed by atoms with Crippen molar-refractivity contribution in [1.29, 1.82) is 0 Å². The fourth-order valence-electron chi connectivity index (χ4n) is 1.56. The number of rotatable bonds is 7. The molecule has 0 saturated carbocycles. The lowest BCUT2D eigenvalue weighted by Gasteiger charge is -2.35. The summed E-state index contributed by atoms with van der Waals surface area (Å²) in [5.74, 6) is 3.19. The predicted molar refractivity (Wildman–Crippen MR) is 82.2 cm³/mol. The number of allylic oxidation sites excluding steroid dienone is 1. The molecule has 0 bridgehead atoms. The summed E-state index contributed by atoms with van der Waals surface area (Å²) in [6.45, 7) is 10.4. The molecule has 104 valence electrons. The van der Waals surface area contributed by atoms with E-state index in [4.69, 9.17) is 4.74 Å². The van der Waals surface area contributed by atoms with Crippen LogP contribution >= 0.6 is 23.5 Å². The van der Waals surface area contributed by atoms with Crippen molar-refractivity contribution in [2.45, 2.75) is 58.3 Å². The molecule has 0 radical (unpaired) electrons. The van der Waals surface area contributed by atoms with E-state index in [9.17, 15) is 4.79 Å². The molecule has 1 aliphatic rings. The van der Waals surface area contributed by atoms with E-state index in [0.29, 0.717) is 0 Å². The minimum atomic E-state index is -0.223. The Bertz CT molecular complexity index is 329. The van der Waals surface area contributed by atoms with Gasteiger partial charge in [-0.25, -0.2) is 0 Å². The SMILES string of the molecule is CCCSC1=C(OC(C)(C)C)C(SCCC)C1=O. The van der Waals surface area contributed by atoms with E-state index in [1.54, 1.807) is 23.5 Å². The highest BCUT2D eigenvalue weighted by Gasteiger charge is 2.42. The van der Waals surface area contributed by atoms with Crippen LogP contribution < -0.4 is 0 Å². The molecule has 0 heterocycles. The van der Waals surface area contributed by atoms with Gasteiger partial charge in [0.15, 0.2) is 5.78 Å². The van der Waals surface area contributed by atoms with Crippen molar-refractivity contribution in [2.75, 3.05) is 11.5 Å². The van der Waals surface area contributed by atoms with Crippen LogP contribution in [0.3, 0.4) is 0 Å². The molecular formula is C14H24O2S2. The Kier molecular flexibility index (Phi) is 6.12. The topological polar surface area (TPSA) is 26.3 Å². The van der Waals surface area contributed by atoms with Gasteiger partial charge in [0.2, 0.25) is 0 Å². The average Bonchev–Trinajstić information content (AvgIpc) is 2.27. The van der Waals surface area contributed by atoms with E-state index in [1.165, 1.54) is 0 Å². The van der Waals surface area contributed by atoms with E-state index >= 15 is 0 Å². The summed E-state index contributed by atoms with van der Waals surface area (Å²) in [5.41, 5.74) is -0.223. The number of hydrogen-bond acceptors (Lipinski definition) is 4. The maximum Gasteiger partial charge on any atom is 0.193 e. The van der Waals surface area contributed by atoms with Crippen molar-refractivity contribution in [3.63, 3.8) is 0 Å². The molecule has 18 heavy (non-hydrogen) atoms. The summed E-state index contributed by atoms with van der Waals surface area (Å²) in [6, 6.07) is 0. The summed E-state index contributed by atoms with van der Waals surface area (Å²) < 4.78 is 5.98. The van der Waals surface area contributed by atoms with Crippen LogP contribution in [0.25, 0.3) is 0 Å². The highest BCUT2D eigenvalue weighted by atomic mass is 32.2. The third-order valence-electron chi connectivity index (χ3n) is 2.28. The van der Waals surface area contributed by atoms with Crippen LogP contribution in [-0.4, -0.2) is 28.1 Å². The fourth-order valence-corrected chi connectivity index (χ4v) is 3.74. The maximum atomic E-state index is 12.1. The lowest BCUT2D eigenvalue weighted by atomic mass is 10.0. The molecule has 0 spiro atoms. The molecule has 4 heteroatoms. The molecule has 0 saturated heterocycles. The molecule has 1 aliphatic carbocycles. The molecular weight excluding hydrogens is 264 g/mol. The number of ketones is 1. The van der Waals surface area contributed by atoms with Gasteiger partial charge in [0.25, 0.3) is 0 Å². The summed E-state index contributed by atoms with van der Waals surface area (Å²) in [7, 11) is 0. The van der Waals surface area contributed by atoms with Crippen LogP contribution in [0.1, 0.15) is 47.5 Å². The number of hydrogen-bond donors (Lipinski definition) is 0. The van der Waals surface area contributed by atoms with Crippen molar-refractivity contribution in [2.24, 2.45) is 0 Å². The summed E-state index contributed by atoms with van der Waals surface area (Å²) in [4.78, 5) is 13.0. The molecule has 0 amide bonds. The highest BCUT2D eigenvalue weighted by molar-refractivity contribution is 8.05. The Labute approximate surface area is 119 Å². The predicted octanol–water partition coefficient (Wildman–Crippen LogP) is 4.25. The van der Waals surface area contributed by atoms with Crippen LogP contribution in [0.4, 0.5) is 0 Å². The van der Waals surface area contributed by atoms with Crippen LogP contribution in [0.5, 0.6) is 0 Å². The third kappa shape index (κ3) is 4.23. The number of Topliss-reactive ketones (excluding diaryl/α,β-unsaturated/α-hetero) is 1. The van der Waals surface area contributed by atoms with Gasteiger partial charge in [0.05, 0.1) is 4.91 Å². The van der Waals surface area contributed by atoms with Crippen molar-refractivity contribution >= 4 is 29.3 Å². The Morgan fingerprint density at radius 3 is 2.28 bits per heavy atom. The Hall–Kier alpha value is -0.0900. The average molecular weight is 288 g/mol. The molecule has 1 unspecified atom stereocenters. The molecule has 1 atom stereocenters. The highest BCUT2D eigenvalue weighted by Crippen LogP contribution is 2.43. The smallest absolute Gasteiger partial charge is 0.193 e. The van der Waals surface area contributed by atoms with Crippen LogP contribution in [0.15, 0.2) is 10.7 Å². The van der Waals surface area contributed by atoms with Gasteiger partial charge in [-0.3, -0.25) is 4.79 Å². The quantitative estimate of drug-likeness (QED) is 0.699. The third-order valence-corrected chi connectivity index (χ3v) is 4.99. The maximum absolute atomic E-state index is 12.1. The Balaban J connectivity index is 2.76. The van der Waals surface area contributed by atoms with E-state index < -0.39 is 0 Å². The standard InChI is InChI=1S/C14H24O2S2/c1-6-8-17-12-10(15)13(18-9-7-2)11(12)16-14(3,4)5/h12H,6-9H2,1-5H3. The Morgan fingerprint density at radius 2 is 1.78 bits per heavy atom. The van der Waals surface area contributed by atoms with Gasteiger partial charge in [0.1, 0.15) is 16.6 Å². The Morgan fingerprint density at radius 1 is 1.17 bits per heavy atom. The van der Waals surface area contributed by atoms with Crippen molar-refractivity contribution in [3.05, 3.63) is 10.7 Å². The zero-order valence-corrected chi connectivity index (χ0v) is 13.7. The normalized spacial score (nSPS) is 20.1. The van der Waals surface area contributed by atoms with E-state index in [1.807, 2.05) is 20.8 Å². The summed E-state index contributed by atoms with van der Waals surface area (Å²) in [5, 5.41) is -0.0523. The minimum absolute atomic E-state index is 0.0523. The second-order valence-corrected chi connectivity index (χ2v) is 7.69. The van der Waals surface area contributed by atoms with Crippen molar-refractivity contribution < 1.29 is 9.53 Å². The molecule has 0 N–H and O–H groups in total. The number of ether oxygens (including phenoxy) is 1. The second kappa shape index (κ2) is 6.90. The van der Waals surface area contributed by atoms with E-state index in [-0.39, 0.29) is 16.6 Å². The number of thioether (sulfide) groups is 2. The van der Waals surface area contributed by atoms with Crippen LogP contribution in [0, 0.1) is 0 Å². The summed E-state index contributed by atoms with van der Waals surface area (Å²) >= 11 is 3.36. The first kappa shape index (κ1) is 16.0. The number of carbonyl (C=O) groups excluding carboxylic acids is 1. The van der Waals surface area contributed by atoms with Crippen molar-refractivity contribution in [3.8, 4) is 0 Å². The van der Waals surface area contributed by atoms with Gasteiger partial charge in [-0.2, -0.15) is 0 Å². The molecule has 2 nitrogen and oxygen atoms in total. The lowest BCUT2D eigenvalue weighted by Crippen LogP contribution is -2.38. The first-order chi connectivity index (χ1) is 8.40. The van der Waals surface area contributed by atoms with E-state index in [2.05, 4.69) is 13.8 Å². The lowest BCUT2D eigenvalue weighted by molar-refractivity contribution is -0.117. The number of carbonyl (C=O) groups is 1. The minimum Gasteiger partial charge on any atom is -0.490 e. The first-order valence-electron chi connectivity index (χ1n) is 6.62. The zero-order valence-electron chi connectivity index (χ0n) is 12.0. The van der Waals surface area contributed by atoms with E-state index in [0.717, 1.165) is 35.0 Å². The molecule has 0 fully saturated rings. The van der Waals surface area contributed by atoms with Gasteiger partial charge in [-0.15, -0.1) is 23.5 Å². The monoisotopic (exact) mass is 288 g/mol. The van der Waals surface area contributed by atoms with Crippen molar-refractivity contribution in [1.82, 2.24) is 0 Å². The van der Waals surface area contributed by atoms with Gasteiger partial charge in [-0.05, 0) is 45.1 Å². The van der Waals surface area contributed by atoms with Gasteiger partial charge in [0, 0.05) is 0 Å². The molecule has 0 aliphatic heterocycles. The van der Waals surface area contributed by atoms with Gasteiger partial charge < -0.3 is 4.74 Å². The zero-order chi connectivity index (χ0) is 13.8. The van der Waals surface area contributed by atoms with Gasteiger partial charge in [-0.1, -0.05) is 13.8 Å². The van der Waals surface area contributed by atoms with Crippen LogP contribution in [0.2, 0.25) is 0 Å². The largest absolute Gasteiger partial charge is 0.490 e. The molecule has 1 rings (SSSR count). The van der Waals surface area contributed by atoms with Crippen LogP contribution in [-0.2, 0) is 9.53 Å². The molecule has 0 aromatic heterocycles.